The van der Waals surface area contributed by atoms with Gasteiger partial charge in [0.25, 0.3) is 5.91 Å². The summed E-state index contributed by atoms with van der Waals surface area (Å²) in [5, 5.41) is 14.7. The van der Waals surface area contributed by atoms with Gasteiger partial charge in [-0.15, -0.1) is 22.7 Å². The molecule has 0 radical (unpaired) electrons. The van der Waals surface area contributed by atoms with Gasteiger partial charge in [0.15, 0.2) is 0 Å². The molecule has 1 aliphatic heterocycles. The van der Waals surface area contributed by atoms with Crippen LogP contribution in [0.3, 0.4) is 0 Å². The highest BCUT2D eigenvalue weighted by Gasteiger charge is 2.39. The number of aromatic nitrogens is 1. The number of allylic oxidation sites excluding steroid dienone is 3. The summed E-state index contributed by atoms with van der Waals surface area (Å²) >= 11 is 2.94. The zero-order chi connectivity index (χ0) is 21.0. The first-order valence-electron chi connectivity index (χ1n) is 9.41. The summed E-state index contributed by atoms with van der Waals surface area (Å²) in [5.74, 6) is -0.444. The number of rotatable bonds is 6. The van der Waals surface area contributed by atoms with Crippen LogP contribution in [0, 0.1) is 6.92 Å². The minimum atomic E-state index is -0.681. The number of nitrogens with one attached hydrogen (secondary N) is 1. The Morgan fingerprint density at radius 2 is 2.14 bits per heavy atom. The number of hydrogen-bond donors (Lipinski definition) is 2. The van der Waals surface area contributed by atoms with Gasteiger partial charge < -0.3 is 15.3 Å². The average molecular weight is 432 g/mol. The first kappa shape index (κ1) is 21.4. The Kier molecular flexibility index (Phi) is 7.00. The number of aliphatic hydroxyl groups excluding tert-OH is 1. The van der Waals surface area contributed by atoms with Crippen LogP contribution in [0.2, 0.25) is 0 Å². The number of carbonyl (C=O) groups excluding carboxylic acids is 2. The summed E-state index contributed by atoms with van der Waals surface area (Å²) in [6.07, 6.45) is 3.58. The maximum Gasteiger partial charge on any atom is 0.264 e. The molecule has 2 aromatic rings. The number of aryl methyl sites for hydroxylation is 1. The van der Waals surface area contributed by atoms with Gasteiger partial charge in [-0.05, 0) is 37.8 Å². The first-order chi connectivity index (χ1) is 13.9. The number of aliphatic hydroxyl groups is 1. The van der Waals surface area contributed by atoms with Crippen molar-refractivity contribution in [2.75, 3.05) is 13.1 Å². The Hall–Kier alpha value is -2.29. The lowest BCUT2D eigenvalue weighted by Crippen LogP contribution is -2.46. The summed E-state index contributed by atoms with van der Waals surface area (Å²) in [4.78, 5) is 32.8. The summed E-state index contributed by atoms with van der Waals surface area (Å²) in [7, 11) is 0. The van der Waals surface area contributed by atoms with Crippen LogP contribution in [0.1, 0.15) is 40.5 Å². The molecule has 3 heterocycles. The van der Waals surface area contributed by atoms with E-state index in [9.17, 15) is 14.7 Å². The molecule has 1 fully saturated rings. The Balaban J connectivity index is 1.60. The van der Waals surface area contributed by atoms with Gasteiger partial charge in [0, 0.05) is 19.5 Å². The molecule has 6 nitrogen and oxygen atoms in total. The second kappa shape index (κ2) is 9.47. The van der Waals surface area contributed by atoms with E-state index in [0.717, 1.165) is 21.7 Å². The van der Waals surface area contributed by atoms with Crippen LogP contribution in [-0.4, -0.2) is 52.0 Å². The van der Waals surface area contributed by atoms with Crippen molar-refractivity contribution in [3.8, 4) is 0 Å². The van der Waals surface area contributed by atoms with Crippen molar-refractivity contribution >= 4 is 40.1 Å². The summed E-state index contributed by atoms with van der Waals surface area (Å²) in [6.45, 7) is 6.54. The van der Waals surface area contributed by atoms with Crippen molar-refractivity contribution in [2.45, 2.75) is 39.3 Å². The van der Waals surface area contributed by atoms with Gasteiger partial charge in [-0.25, -0.2) is 4.98 Å². The number of nitrogens with zero attached hydrogens (tertiary/aromatic N) is 2. The van der Waals surface area contributed by atoms with Crippen molar-refractivity contribution in [3.05, 3.63) is 56.2 Å². The molecule has 0 aliphatic carbocycles. The monoisotopic (exact) mass is 431 g/mol. The van der Waals surface area contributed by atoms with Gasteiger partial charge in [0.1, 0.15) is 6.04 Å². The highest BCUT2D eigenvalue weighted by Crippen LogP contribution is 2.23. The molecule has 154 valence electrons. The van der Waals surface area contributed by atoms with Gasteiger partial charge in [0.2, 0.25) is 5.91 Å². The lowest BCUT2D eigenvalue weighted by Gasteiger charge is -2.23. The molecule has 1 saturated heterocycles. The summed E-state index contributed by atoms with van der Waals surface area (Å²) in [6, 6.07) is 2.89. The van der Waals surface area contributed by atoms with Crippen molar-refractivity contribution in [1.29, 1.82) is 0 Å². The predicted molar refractivity (Wildman–Crippen MR) is 117 cm³/mol. The van der Waals surface area contributed by atoms with Crippen molar-refractivity contribution in [3.63, 3.8) is 0 Å². The maximum absolute atomic E-state index is 12.7. The zero-order valence-corrected chi connectivity index (χ0v) is 18.3. The second-order valence-electron chi connectivity index (χ2n) is 7.19. The molecule has 0 spiro atoms. The van der Waals surface area contributed by atoms with Crippen LogP contribution in [-0.2, 0) is 4.79 Å². The standard InChI is InChI=1S/C21H25N3O3S2/c1-13(6-7-14(2)19-15(3)23-12-29-19)10-22-20(26)17-9-16(25)11-24(17)21(27)18-5-4-8-28-18/h4-8,12,16-17,25H,9-11H2,1-3H3,(H,22,26)/b13-6+,14-7+/t16-,17+/m1/s1. The molecular formula is C21H25N3O3S2. The minimum Gasteiger partial charge on any atom is -0.391 e. The van der Waals surface area contributed by atoms with E-state index >= 15 is 0 Å². The maximum atomic E-state index is 12.7. The van der Waals surface area contributed by atoms with Crippen LogP contribution < -0.4 is 5.32 Å². The third-order valence-corrected chi connectivity index (χ3v) is 6.76. The highest BCUT2D eigenvalue weighted by molar-refractivity contribution is 7.12. The van der Waals surface area contributed by atoms with E-state index < -0.39 is 12.1 Å². The Morgan fingerprint density at radius 1 is 1.34 bits per heavy atom. The number of amides is 2. The molecule has 29 heavy (non-hydrogen) atoms. The van der Waals surface area contributed by atoms with E-state index in [-0.39, 0.29) is 24.8 Å². The number of likely N-dealkylation sites (tertiary alicyclic amines) is 1. The molecule has 0 bridgehead atoms. The largest absolute Gasteiger partial charge is 0.391 e. The van der Waals surface area contributed by atoms with Crippen molar-refractivity contribution in [1.82, 2.24) is 15.2 Å². The summed E-state index contributed by atoms with van der Waals surface area (Å²) in [5.41, 5.74) is 4.97. The fourth-order valence-electron chi connectivity index (χ4n) is 3.26. The van der Waals surface area contributed by atoms with Crippen molar-refractivity contribution in [2.24, 2.45) is 0 Å². The Bertz CT molecular complexity index is 931. The van der Waals surface area contributed by atoms with E-state index in [1.165, 1.54) is 16.2 Å². The lowest BCUT2D eigenvalue weighted by atomic mass is 10.1. The SMILES string of the molecule is C/C(=C\C=C(/C)c1scnc1C)CNC(=O)[C@@H]1C[C@@H](O)CN1C(=O)c1cccs1. The highest BCUT2D eigenvalue weighted by atomic mass is 32.1. The first-order valence-corrected chi connectivity index (χ1v) is 11.2. The molecule has 3 rings (SSSR count). The Morgan fingerprint density at radius 3 is 2.79 bits per heavy atom. The molecule has 0 unspecified atom stereocenters. The van der Waals surface area contributed by atoms with Crippen LogP contribution in [0.15, 0.2) is 40.7 Å². The van der Waals surface area contributed by atoms with Gasteiger partial charge >= 0.3 is 0 Å². The van der Waals surface area contributed by atoms with Gasteiger partial charge in [-0.1, -0.05) is 23.8 Å². The fourth-order valence-corrected chi connectivity index (χ4v) is 4.73. The fraction of sp³-hybridized carbons (Fsp3) is 0.381. The van der Waals surface area contributed by atoms with Crippen LogP contribution in [0.4, 0.5) is 0 Å². The third kappa shape index (κ3) is 5.20. The molecule has 0 aromatic carbocycles. The second-order valence-corrected chi connectivity index (χ2v) is 8.99. The number of carbonyl (C=O) groups is 2. The summed E-state index contributed by atoms with van der Waals surface area (Å²) < 4.78 is 0. The minimum absolute atomic E-state index is 0.180. The number of β-amino-alcohol motifs (C(OH)–C–C–N with tert-alkyl or cyclic N) is 1. The van der Waals surface area contributed by atoms with Crippen LogP contribution in [0.25, 0.3) is 5.57 Å². The average Bonchev–Trinajstić information content (AvgIpc) is 3.44. The normalized spacial score (nSPS) is 20.2. The molecule has 2 N–H and O–H groups in total. The molecule has 1 aliphatic rings. The lowest BCUT2D eigenvalue weighted by molar-refractivity contribution is -0.124. The van der Waals surface area contributed by atoms with Crippen LogP contribution >= 0.6 is 22.7 Å². The molecule has 8 heteroatoms. The van der Waals surface area contributed by atoms with E-state index in [4.69, 9.17) is 0 Å². The molecule has 0 saturated carbocycles. The van der Waals surface area contributed by atoms with Gasteiger partial charge in [-0.3, -0.25) is 9.59 Å². The van der Waals surface area contributed by atoms with Crippen LogP contribution in [0.5, 0.6) is 0 Å². The molecule has 2 amide bonds. The number of thiazole rings is 1. The predicted octanol–water partition coefficient (Wildman–Crippen LogP) is 3.25. The van der Waals surface area contributed by atoms with Crippen molar-refractivity contribution < 1.29 is 14.7 Å². The topological polar surface area (TPSA) is 82.5 Å². The molecule has 2 atom stereocenters. The molecular weight excluding hydrogens is 406 g/mol. The van der Waals surface area contributed by atoms with E-state index in [2.05, 4.69) is 10.3 Å². The van der Waals surface area contributed by atoms with E-state index in [1.54, 1.807) is 23.5 Å². The van der Waals surface area contributed by atoms with Gasteiger partial charge in [0.05, 0.1) is 27.1 Å². The third-order valence-electron chi connectivity index (χ3n) is 4.84. The molecule has 2 aromatic heterocycles. The van der Waals surface area contributed by atoms with Gasteiger partial charge in [-0.2, -0.15) is 0 Å². The van der Waals surface area contributed by atoms with E-state index in [0.29, 0.717) is 11.4 Å². The quantitative estimate of drug-likeness (QED) is 0.688. The number of hydrogen-bond acceptors (Lipinski definition) is 6. The smallest absolute Gasteiger partial charge is 0.264 e. The Labute approximate surface area is 178 Å². The van der Waals surface area contributed by atoms with E-state index in [1.807, 2.05) is 43.8 Å². The number of thiophene rings is 1. The zero-order valence-electron chi connectivity index (χ0n) is 16.7.